The highest BCUT2D eigenvalue weighted by atomic mass is 16.5. The van der Waals surface area contributed by atoms with Gasteiger partial charge in [-0.15, -0.1) is 0 Å². The van der Waals surface area contributed by atoms with Crippen LogP contribution < -0.4 is 15.6 Å². The number of nitrogens with one attached hydrogen (secondary N) is 2. The lowest BCUT2D eigenvalue weighted by molar-refractivity contribution is 0.305. The van der Waals surface area contributed by atoms with Crippen LogP contribution in [0, 0.1) is 13.8 Å². The Hall–Kier alpha value is -4.00. The highest BCUT2D eigenvalue weighted by molar-refractivity contribution is 5.56. The first-order chi connectivity index (χ1) is 15.1. The van der Waals surface area contributed by atoms with Gasteiger partial charge in [-0.1, -0.05) is 18.2 Å². The molecular formula is C24H23N5O2. The molecule has 7 heteroatoms. The van der Waals surface area contributed by atoms with E-state index in [1.807, 2.05) is 55.5 Å². The summed E-state index contributed by atoms with van der Waals surface area (Å²) in [5, 5.41) is 3.30. The van der Waals surface area contributed by atoms with Crippen molar-refractivity contribution in [2.45, 2.75) is 27.0 Å². The molecule has 31 heavy (non-hydrogen) atoms. The van der Waals surface area contributed by atoms with Gasteiger partial charge in [0.05, 0.1) is 0 Å². The van der Waals surface area contributed by atoms with E-state index in [1.54, 1.807) is 25.5 Å². The highest BCUT2D eigenvalue weighted by Gasteiger charge is 2.06. The summed E-state index contributed by atoms with van der Waals surface area (Å²) >= 11 is 0. The van der Waals surface area contributed by atoms with Crippen LogP contribution >= 0.6 is 0 Å². The number of nitrogens with zero attached hydrogens (tertiary/aromatic N) is 3. The Labute approximate surface area is 180 Å². The molecule has 0 aliphatic carbocycles. The molecule has 0 radical (unpaired) electrons. The van der Waals surface area contributed by atoms with Crippen molar-refractivity contribution >= 4 is 5.82 Å². The third kappa shape index (κ3) is 5.14. The molecule has 0 unspecified atom stereocenters. The van der Waals surface area contributed by atoms with Gasteiger partial charge < -0.3 is 15.0 Å². The molecule has 0 amide bonds. The van der Waals surface area contributed by atoms with Gasteiger partial charge in [-0.25, -0.2) is 9.97 Å². The zero-order valence-corrected chi connectivity index (χ0v) is 17.4. The first-order valence-corrected chi connectivity index (χ1v) is 9.97. The predicted octanol–water partition coefficient (Wildman–Crippen LogP) is 4.03. The van der Waals surface area contributed by atoms with Crippen molar-refractivity contribution in [2.75, 3.05) is 5.32 Å². The molecule has 0 spiro atoms. The second kappa shape index (κ2) is 9.21. The molecular weight excluding hydrogens is 390 g/mol. The monoisotopic (exact) mass is 413 g/mol. The second-order valence-corrected chi connectivity index (χ2v) is 7.20. The van der Waals surface area contributed by atoms with Crippen molar-refractivity contribution in [3.8, 4) is 17.1 Å². The maximum absolute atomic E-state index is 12.0. The topological polar surface area (TPSA) is 92.8 Å². The summed E-state index contributed by atoms with van der Waals surface area (Å²) in [5.74, 6) is 2.07. The number of aromatic amines is 1. The van der Waals surface area contributed by atoms with Crippen LogP contribution in [0.15, 0.2) is 71.9 Å². The largest absolute Gasteiger partial charge is 0.489 e. The summed E-state index contributed by atoms with van der Waals surface area (Å²) in [6.07, 6.45) is 5.24. The van der Waals surface area contributed by atoms with Crippen molar-refractivity contribution in [3.05, 3.63) is 99.9 Å². The summed E-state index contributed by atoms with van der Waals surface area (Å²) in [6.45, 7) is 4.71. The lowest BCUT2D eigenvalue weighted by Gasteiger charge is -2.09. The molecule has 0 bridgehead atoms. The number of H-pyrrole nitrogens is 1. The van der Waals surface area contributed by atoms with Gasteiger partial charge in [-0.05, 0) is 49.7 Å². The normalized spacial score (nSPS) is 10.6. The Morgan fingerprint density at radius 2 is 1.84 bits per heavy atom. The highest BCUT2D eigenvalue weighted by Crippen LogP contribution is 2.17. The van der Waals surface area contributed by atoms with E-state index in [9.17, 15) is 4.79 Å². The lowest BCUT2D eigenvalue weighted by atomic mass is 10.2. The van der Waals surface area contributed by atoms with Crippen molar-refractivity contribution in [1.82, 2.24) is 19.9 Å². The average molecular weight is 413 g/mol. The standard InChI is InChI=1S/C24H23N5O2/c1-16-17(2)28-23(29-24(16)30)20-7-10-22(27-14-20)26-13-18-5-8-21(9-6-18)31-15-19-4-3-11-25-12-19/h3-12,14H,13,15H2,1-2H3,(H,26,27)(H,28,29,30). The van der Waals surface area contributed by atoms with Gasteiger partial charge in [-0.3, -0.25) is 9.78 Å². The van der Waals surface area contributed by atoms with Crippen LogP contribution in [-0.4, -0.2) is 19.9 Å². The van der Waals surface area contributed by atoms with Crippen LogP contribution in [0.4, 0.5) is 5.82 Å². The number of benzene rings is 1. The van der Waals surface area contributed by atoms with Crippen LogP contribution in [0.5, 0.6) is 5.75 Å². The Balaban J connectivity index is 1.33. The summed E-state index contributed by atoms with van der Waals surface area (Å²) < 4.78 is 5.79. The number of aromatic nitrogens is 4. The zero-order valence-electron chi connectivity index (χ0n) is 17.4. The van der Waals surface area contributed by atoms with Gasteiger partial charge in [0, 0.05) is 47.5 Å². The maximum atomic E-state index is 12.0. The molecule has 0 saturated carbocycles. The number of hydrogen-bond acceptors (Lipinski definition) is 6. The van der Waals surface area contributed by atoms with Crippen molar-refractivity contribution in [3.63, 3.8) is 0 Å². The first-order valence-electron chi connectivity index (χ1n) is 9.97. The first kappa shape index (κ1) is 20.3. The van der Waals surface area contributed by atoms with Crippen molar-refractivity contribution < 1.29 is 4.74 Å². The summed E-state index contributed by atoms with van der Waals surface area (Å²) in [5.41, 5.74) is 4.12. The molecule has 4 aromatic rings. The molecule has 0 aliphatic rings. The fraction of sp³-hybridized carbons (Fsp3) is 0.167. The molecule has 0 aliphatic heterocycles. The Morgan fingerprint density at radius 1 is 1.00 bits per heavy atom. The zero-order chi connectivity index (χ0) is 21.6. The molecule has 0 saturated heterocycles. The maximum Gasteiger partial charge on any atom is 0.254 e. The fourth-order valence-electron chi connectivity index (χ4n) is 2.97. The van der Waals surface area contributed by atoms with Crippen molar-refractivity contribution in [1.29, 1.82) is 0 Å². The SMILES string of the molecule is Cc1nc(-c2ccc(NCc3ccc(OCc4cccnc4)cc3)nc2)[nH]c(=O)c1C. The van der Waals surface area contributed by atoms with Gasteiger partial charge in [0.25, 0.3) is 5.56 Å². The predicted molar refractivity (Wildman–Crippen MR) is 120 cm³/mol. The molecule has 2 N–H and O–H groups in total. The summed E-state index contributed by atoms with van der Waals surface area (Å²) in [7, 11) is 0. The number of pyridine rings is 2. The number of hydrogen-bond donors (Lipinski definition) is 2. The van der Waals surface area contributed by atoms with Crippen LogP contribution in [-0.2, 0) is 13.2 Å². The van der Waals surface area contributed by atoms with Gasteiger partial charge in [-0.2, -0.15) is 0 Å². The van der Waals surface area contributed by atoms with E-state index in [1.165, 1.54) is 0 Å². The fourth-order valence-corrected chi connectivity index (χ4v) is 2.97. The number of anilines is 1. The van der Waals surface area contributed by atoms with E-state index < -0.39 is 0 Å². The van der Waals surface area contributed by atoms with Gasteiger partial charge >= 0.3 is 0 Å². The molecule has 3 aromatic heterocycles. The number of ether oxygens (including phenoxy) is 1. The summed E-state index contributed by atoms with van der Waals surface area (Å²) in [6, 6.07) is 15.6. The van der Waals surface area contributed by atoms with E-state index >= 15 is 0 Å². The van der Waals surface area contributed by atoms with E-state index in [2.05, 4.69) is 25.3 Å². The van der Waals surface area contributed by atoms with Gasteiger partial charge in [0.15, 0.2) is 0 Å². The third-order valence-corrected chi connectivity index (χ3v) is 4.96. The number of rotatable bonds is 7. The molecule has 1 aromatic carbocycles. The number of aryl methyl sites for hydroxylation is 1. The molecule has 7 nitrogen and oxygen atoms in total. The summed E-state index contributed by atoms with van der Waals surface area (Å²) in [4.78, 5) is 27.7. The van der Waals surface area contributed by atoms with Crippen LogP contribution in [0.25, 0.3) is 11.4 Å². The quantitative estimate of drug-likeness (QED) is 0.475. The second-order valence-electron chi connectivity index (χ2n) is 7.20. The van der Waals surface area contributed by atoms with Crippen LogP contribution in [0.2, 0.25) is 0 Å². The lowest BCUT2D eigenvalue weighted by Crippen LogP contribution is -2.14. The third-order valence-electron chi connectivity index (χ3n) is 4.96. The minimum atomic E-state index is -0.127. The molecule has 156 valence electrons. The Kier molecular flexibility index (Phi) is 6.03. The smallest absolute Gasteiger partial charge is 0.254 e. The van der Waals surface area contributed by atoms with E-state index in [0.29, 0.717) is 30.2 Å². The minimum Gasteiger partial charge on any atom is -0.489 e. The van der Waals surface area contributed by atoms with E-state index in [4.69, 9.17) is 4.74 Å². The van der Waals surface area contributed by atoms with Crippen LogP contribution in [0.1, 0.15) is 22.4 Å². The Morgan fingerprint density at radius 3 is 2.52 bits per heavy atom. The molecule has 0 fully saturated rings. The Bertz CT molecular complexity index is 1200. The average Bonchev–Trinajstić information content (AvgIpc) is 2.81. The minimum absolute atomic E-state index is 0.127. The van der Waals surface area contributed by atoms with E-state index in [0.717, 1.165) is 28.3 Å². The van der Waals surface area contributed by atoms with Gasteiger partial charge in [0.2, 0.25) is 0 Å². The molecule has 0 atom stereocenters. The van der Waals surface area contributed by atoms with Gasteiger partial charge in [0.1, 0.15) is 24.0 Å². The molecule has 4 rings (SSSR count). The van der Waals surface area contributed by atoms with E-state index in [-0.39, 0.29) is 5.56 Å². The van der Waals surface area contributed by atoms with Crippen molar-refractivity contribution in [2.24, 2.45) is 0 Å². The molecule has 3 heterocycles. The van der Waals surface area contributed by atoms with Crippen LogP contribution in [0.3, 0.4) is 0 Å².